The average Bonchev–Trinajstić information content (AvgIpc) is 2.27. The van der Waals surface area contributed by atoms with Gasteiger partial charge in [0.05, 0.1) is 5.52 Å². The van der Waals surface area contributed by atoms with E-state index in [1.165, 1.54) is 10.9 Å². The molecule has 0 atom stereocenters. The van der Waals surface area contributed by atoms with Crippen LogP contribution in [0.25, 0.3) is 10.9 Å². The van der Waals surface area contributed by atoms with Gasteiger partial charge in [0.2, 0.25) is 0 Å². The van der Waals surface area contributed by atoms with Gasteiger partial charge in [-0.1, -0.05) is 15.9 Å². The van der Waals surface area contributed by atoms with Crippen molar-refractivity contribution in [3.05, 3.63) is 40.0 Å². The Morgan fingerprint density at radius 1 is 1.31 bits per heavy atom. The van der Waals surface area contributed by atoms with E-state index in [1.54, 1.807) is 0 Å². The van der Waals surface area contributed by atoms with Crippen molar-refractivity contribution in [1.82, 2.24) is 10.3 Å². The van der Waals surface area contributed by atoms with Crippen molar-refractivity contribution in [1.29, 1.82) is 0 Å². The van der Waals surface area contributed by atoms with E-state index in [0.717, 1.165) is 28.6 Å². The summed E-state index contributed by atoms with van der Waals surface area (Å²) in [5, 5.41) is 4.37. The number of hydrogen-bond acceptors (Lipinski definition) is 2. The number of aryl methyl sites for hydroxylation is 1. The molecule has 1 N–H and O–H groups in total. The second-order valence-electron chi connectivity index (χ2n) is 3.92. The van der Waals surface area contributed by atoms with Crippen LogP contribution in [0, 0.1) is 6.92 Å². The van der Waals surface area contributed by atoms with Crippen LogP contribution in [-0.4, -0.2) is 18.6 Å². The first-order valence-corrected chi connectivity index (χ1v) is 6.20. The lowest BCUT2D eigenvalue weighted by atomic mass is 10.1. The van der Waals surface area contributed by atoms with E-state index in [-0.39, 0.29) is 0 Å². The Kier molecular flexibility index (Phi) is 3.56. The molecule has 2 aromatic rings. The fraction of sp³-hybridized carbons (Fsp3) is 0.308. The lowest BCUT2D eigenvalue weighted by Gasteiger charge is -2.07. The summed E-state index contributed by atoms with van der Waals surface area (Å²) in [5.74, 6) is 0. The Labute approximate surface area is 104 Å². The van der Waals surface area contributed by atoms with Gasteiger partial charge in [0.25, 0.3) is 0 Å². The standard InChI is InChI=1S/C13H15BrN2/c1-9-10(5-6-15-2)7-11-8-12(14)3-4-13(11)16-9/h3-4,7-8,15H,5-6H2,1-2H3. The van der Waals surface area contributed by atoms with Gasteiger partial charge in [-0.15, -0.1) is 0 Å². The summed E-state index contributed by atoms with van der Waals surface area (Å²) in [6.45, 7) is 3.06. The summed E-state index contributed by atoms with van der Waals surface area (Å²) in [7, 11) is 1.97. The van der Waals surface area contributed by atoms with Gasteiger partial charge in [-0.25, -0.2) is 0 Å². The number of fused-ring (bicyclic) bond motifs is 1. The van der Waals surface area contributed by atoms with Crippen LogP contribution < -0.4 is 5.32 Å². The van der Waals surface area contributed by atoms with Crippen LogP contribution in [0.3, 0.4) is 0 Å². The Bertz CT molecular complexity index is 509. The summed E-state index contributed by atoms with van der Waals surface area (Å²) < 4.78 is 1.10. The number of hydrogen-bond donors (Lipinski definition) is 1. The maximum atomic E-state index is 4.62. The quantitative estimate of drug-likeness (QED) is 0.934. The predicted molar refractivity (Wildman–Crippen MR) is 71.8 cm³/mol. The van der Waals surface area contributed by atoms with E-state index in [1.807, 2.05) is 19.2 Å². The Balaban J connectivity index is 2.46. The first-order valence-electron chi connectivity index (χ1n) is 5.41. The van der Waals surface area contributed by atoms with E-state index in [0.29, 0.717) is 0 Å². The molecule has 1 aromatic heterocycles. The zero-order valence-electron chi connectivity index (χ0n) is 9.55. The lowest BCUT2D eigenvalue weighted by Crippen LogP contribution is -2.11. The number of benzene rings is 1. The minimum Gasteiger partial charge on any atom is -0.319 e. The third kappa shape index (κ3) is 2.42. The van der Waals surface area contributed by atoms with Gasteiger partial charge in [0.15, 0.2) is 0 Å². The summed E-state index contributed by atoms with van der Waals surface area (Å²) in [6.07, 6.45) is 1.03. The van der Waals surface area contributed by atoms with Crippen molar-refractivity contribution in [3.8, 4) is 0 Å². The van der Waals surface area contributed by atoms with E-state index >= 15 is 0 Å². The van der Waals surface area contributed by atoms with Crippen LogP contribution in [-0.2, 0) is 6.42 Å². The number of halogens is 1. The second kappa shape index (κ2) is 4.93. The fourth-order valence-corrected chi connectivity index (χ4v) is 2.18. The average molecular weight is 279 g/mol. The summed E-state index contributed by atoms with van der Waals surface area (Å²) in [6, 6.07) is 8.43. The molecule has 84 valence electrons. The molecule has 16 heavy (non-hydrogen) atoms. The maximum Gasteiger partial charge on any atom is 0.0706 e. The molecule has 0 aliphatic heterocycles. The predicted octanol–water partition coefficient (Wildman–Crippen LogP) is 3.07. The van der Waals surface area contributed by atoms with Crippen LogP contribution in [0.15, 0.2) is 28.7 Å². The molecule has 0 unspecified atom stereocenters. The summed E-state index contributed by atoms with van der Waals surface area (Å²) in [4.78, 5) is 4.62. The number of aromatic nitrogens is 1. The smallest absolute Gasteiger partial charge is 0.0706 e. The van der Waals surface area contributed by atoms with E-state index in [4.69, 9.17) is 0 Å². The minimum absolute atomic E-state index is 0.988. The largest absolute Gasteiger partial charge is 0.319 e. The molecule has 0 spiro atoms. The zero-order chi connectivity index (χ0) is 11.5. The highest BCUT2D eigenvalue weighted by atomic mass is 79.9. The molecule has 3 heteroatoms. The zero-order valence-corrected chi connectivity index (χ0v) is 11.1. The first-order chi connectivity index (χ1) is 7.70. The molecule has 0 aliphatic carbocycles. The van der Waals surface area contributed by atoms with Crippen molar-refractivity contribution < 1.29 is 0 Å². The highest BCUT2D eigenvalue weighted by molar-refractivity contribution is 9.10. The van der Waals surface area contributed by atoms with Crippen LogP contribution >= 0.6 is 15.9 Å². The molecular formula is C13H15BrN2. The highest BCUT2D eigenvalue weighted by Gasteiger charge is 2.03. The molecule has 2 rings (SSSR count). The van der Waals surface area contributed by atoms with E-state index in [9.17, 15) is 0 Å². The minimum atomic E-state index is 0.988. The topological polar surface area (TPSA) is 24.9 Å². The molecule has 0 saturated carbocycles. The van der Waals surface area contributed by atoms with Gasteiger partial charge in [0, 0.05) is 15.6 Å². The van der Waals surface area contributed by atoms with Crippen LogP contribution in [0.5, 0.6) is 0 Å². The van der Waals surface area contributed by atoms with Crippen molar-refractivity contribution >= 4 is 26.8 Å². The molecule has 0 amide bonds. The van der Waals surface area contributed by atoms with Crippen molar-refractivity contribution in [2.75, 3.05) is 13.6 Å². The third-order valence-electron chi connectivity index (χ3n) is 2.72. The second-order valence-corrected chi connectivity index (χ2v) is 4.84. The Morgan fingerprint density at radius 2 is 2.12 bits per heavy atom. The van der Waals surface area contributed by atoms with Gasteiger partial charge >= 0.3 is 0 Å². The number of likely N-dealkylation sites (N-methyl/N-ethyl adjacent to an activating group) is 1. The molecule has 0 fully saturated rings. The Morgan fingerprint density at radius 3 is 2.88 bits per heavy atom. The molecule has 1 aromatic carbocycles. The molecule has 0 aliphatic rings. The molecule has 0 bridgehead atoms. The molecule has 0 radical (unpaired) electrons. The number of nitrogens with zero attached hydrogens (tertiary/aromatic N) is 1. The van der Waals surface area contributed by atoms with Gasteiger partial charge in [-0.3, -0.25) is 4.98 Å². The lowest BCUT2D eigenvalue weighted by molar-refractivity contribution is 0.786. The summed E-state index contributed by atoms with van der Waals surface area (Å²) >= 11 is 3.49. The molecule has 2 nitrogen and oxygen atoms in total. The normalized spacial score (nSPS) is 10.9. The van der Waals surface area contributed by atoms with Crippen LogP contribution in [0.2, 0.25) is 0 Å². The maximum absolute atomic E-state index is 4.62. The monoisotopic (exact) mass is 278 g/mol. The van der Waals surface area contributed by atoms with Crippen molar-refractivity contribution in [2.45, 2.75) is 13.3 Å². The van der Waals surface area contributed by atoms with Gasteiger partial charge in [-0.2, -0.15) is 0 Å². The first kappa shape index (κ1) is 11.6. The summed E-state index contributed by atoms with van der Waals surface area (Å²) in [5.41, 5.74) is 3.51. The number of pyridine rings is 1. The van der Waals surface area contributed by atoms with Crippen molar-refractivity contribution in [3.63, 3.8) is 0 Å². The van der Waals surface area contributed by atoms with Crippen LogP contribution in [0.4, 0.5) is 0 Å². The Hall–Kier alpha value is -0.930. The van der Waals surface area contributed by atoms with Crippen LogP contribution in [0.1, 0.15) is 11.3 Å². The van der Waals surface area contributed by atoms with E-state index in [2.05, 4.69) is 45.3 Å². The highest BCUT2D eigenvalue weighted by Crippen LogP contribution is 2.21. The van der Waals surface area contributed by atoms with E-state index < -0.39 is 0 Å². The fourth-order valence-electron chi connectivity index (χ4n) is 1.80. The molecule has 1 heterocycles. The number of nitrogens with one attached hydrogen (secondary N) is 1. The molecular weight excluding hydrogens is 264 g/mol. The third-order valence-corrected chi connectivity index (χ3v) is 3.21. The molecule has 0 saturated heterocycles. The SMILES string of the molecule is CNCCc1cc2cc(Br)ccc2nc1C. The van der Waals surface area contributed by atoms with Gasteiger partial charge < -0.3 is 5.32 Å². The van der Waals surface area contributed by atoms with Crippen molar-refractivity contribution in [2.24, 2.45) is 0 Å². The number of rotatable bonds is 3. The van der Waals surface area contributed by atoms with Gasteiger partial charge in [-0.05, 0) is 56.8 Å². The van der Waals surface area contributed by atoms with Gasteiger partial charge in [0.1, 0.15) is 0 Å².